The van der Waals surface area contributed by atoms with Crippen molar-refractivity contribution in [2.24, 2.45) is 5.92 Å². The Morgan fingerprint density at radius 2 is 1.42 bits per heavy atom. The highest BCUT2D eigenvalue weighted by Crippen LogP contribution is 2.35. The van der Waals surface area contributed by atoms with Gasteiger partial charge >= 0.3 is 0 Å². The Bertz CT molecular complexity index is 1820. The summed E-state index contributed by atoms with van der Waals surface area (Å²) >= 11 is 0. The molecule has 0 aliphatic rings. The summed E-state index contributed by atoms with van der Waals surface area (Å²) in [4.78, 5) is 29.9. The quantitative estimate of drug-likeness (QED) is 0.107. The Kier molecular flexibility index (Phi) is 7.82. The summed E-state index contributed by atoms with van der Waals surface area (Å²) in [7, 11) is 0. The zero-order chi connectivity index (χ0) is 30.9. The lowest BCUT2D eigenvalue weighted by atomic mass is 10.0. The van der Waals surface area contributed by atoms with Gasteiger partial charge in [-0.15, -0.1) is 0 Å². The molecule has 0 saturated carbocycles. The largest absolute Gasteiger partial charge is 0.506 e. The van der Waals surface area contributed by atoms with Crippen molar-refractivity contribution in [1.82, 2.24) is 4.98 Å². The van der Waals surface area contributed by atoms with Crippen LogP contribution in [0.2, 0.25) is 0 Å². The number of nitrogens with zero attached hydrogens (tertiary/aromatic N) is 1. The summed E-state index contributed by atoms with van der Waals surface area (Å²) in [5.41, 5.74) is 3.15. The number of rotatable bonds is 8. The van der Waals surface area contributed by atoms with Crippen LogP contribution in [0.3, 0.4) is 0 Å². The van der Waals surface area contributed by atoms with Crippen LogP contribution >= 0.6 is 0 Å². The van der Waals surface area contributed by atoms with E-state index in [1.165, 1.54) is 18.2 Å². The van der Waals surface area contributed by atoms with Crippen molar-refractivity contribution in [3.8, 4) is 34.5 Å². The van der Waals surface area contributed by atoms with Gasteiger partial charge in [-0.05, 0) is 87.5 Å². The molecule has 0 saturated heterocycles. The van der Waals surface area contributed by atoms with Crippen LogP contribution in [0.25, 0.3) is 22.6 Å². The fourth-order valence-corrected chi connectivity index (χ4v) is 4.39. The third-order valence-corrected chi connectivity index (χ3v) is 6.52. The van der Waals surface area contributed by atoms with Crippen LogP contribution in [0.1, 0.15) is 55.3 Å². The van der Waals surface area contributed by atoms with E-state index in [2.05, 4.69) is 15.6 Å². The number of Topliss-reactive ketones (excluding diaryl/α,β-unsaturated/α-hetero) is 1. The van der Waals surface area contributed by atoms with Gasteiger partial charge in [0, 0.05) is 40.3 Å². The van der Waals surface area contributed by atoms with Gasteiger partial charge in [0.1, 0.15) is 28.5 Å². The van der Waals surface area contributed by atoms with E-state index in [-0.39, 0.29) is 34.4 Å². The standard InChI is InChI=1S/C34H33N3O6/c1-19(2)31(40)22-10-15-30-27(16-22)36-33(43-30)21-8-6-20(7-9-21)32(41)35-25-17-23(11-13-28(25)38)42-24-12-14-29(39)26(18-24)37-34(3,4)5/h6-19,37-39H,1-5H3,(H,35,41). The number of nitrogens with one attached hydrogen (secondary N) is 2. The Labute approximate surface area is 249 Å². The van der Waals surface area contributed by atoms with Crippen LogP contribution in [0.15, 0.2) is 83.3 Å². The maximum Gasteiger partial charge on any atom is 0.255 e. The molecule has 9 heteroatoms. The summed E-state index contributed by atoms with van der Waals surface area (Å²) in [6.07, 6.45) is 0. The fourth-order valence-electron chi connectivity index (χ4n) is 4.39. The molecule has 1 aromatic heterocycles. The minimum Gasteiger partial charge on any atom is -0.506 e. The maximum absolute atomic E-state index is 13.0. The highest BCUT2D eigenvalue weighted by Gasteiger charge is 2.17. The highest BCUT2D eigenvalue weighted by molar-refractivity contribution is 6.05. The molecule has 0 fully saturated rings. The number of carbonyl (C=O) groups is 2. The van der Waals surface area contributed by atoms with Crippen LogP contribution in [-0.4, -0.2) is 32.4 Å². The number of oxazole rings is 1. The first-order valence-electron chi connectivity index (χ1n) is 13.8. The Morgan fingerprint density at radius 3 is 2.05 bits per heavy atom. The molecular formula is C34H33N3O6. The van der Waals surface area contributed by atoms with Crippen molar-refractivity contribution >= 4 is 34.2 Å². The first-order chi connectivity index (χ1) is 20.4. The number of carbonyl (C=O) groups excluding carboxylic acids is 2. The Balaban J connectivity index is 1.30. The Hall–Kier alpha value is -5.31. The second-order valence-electron chi connectivity index (χ2n) is 11.6. The molecule has 0 bridgehead atoms. The number of amides is 1. The maximum atomic E-state index is 13.0. The van der Waals surface area contributed by atoms with Gasteiger partial charge in [0.2, 0.25) is 5.89 Å². The van der Waals surface area contributed by atoms with Gasteiger partial charge in [-0.1, -0.05) is 13.8 Å². The minimum atomic E-state index is -0.435. The average molecular weight is 580 g/mol. The summed E-state index contributed by atoms with van der Waals surface area (Å²) in [5.74, 6) is 0.657. The fraction of sp³-hybridized carbons (Fsp3) is 0.206. The number of hydrogen-bond acceptors (Lipinski definition) is 8. The van der Waals surface area contributed by atoms with Gasteiger partial charge in [0.05, 0.1) is 11.4 Å². The topological polar surface area (TPSA) is 134 Å². The third-order valence-electron chi connectivity index (χ3n) is 6.52. The zero-order valence-corrected chi connectivity index (χ0v) is 24.6. The molecule has 5 aromatic rings. The van der Waals surface area contributed by atoms with Gasteiger partial charge in [0.15, 0.2) is 11.4 Å². The second-order valence-corrected chi connectivity index (χ2v) is 11.6. The molecule has 0 atom stereocenters. The van der Waals surface area contributed by atoms with Crippen LogP contribution < -0.4 is 15.4 Å². The second kappa shape index (κ2) is 11.5. The molecule has 43 heavy (non-hydrogen) atoms. The lowest BCUT2D eigenvalue weighted by Gasteiger charge is -2.23. The van der Waals surface area contributed by atoms with Gasteiger partial charge in [-0.3, -0.25) is 9.59 Å². The lowest BCUT2D eigenvalue weighted by molar-refractivity contribution is 0.0939. The molecule has 220 valence electrons. The van der Waals surface area contributed by atoms with Crippen molar-refractivity contribution < 1.29 is 29.0 Å². The molecule has 4 aromatic carbocycles. The van der Waals surface area contributed by atoms with Crippen LogP contribution in [0.5, 0.6) is 23.0 Å². The van der Waals surface area contributed by atoms with E-state index in [1.54, 1.807) is 60.7 Å². The van der Waals surface area contributed by atoms with Gasteiger partial charge in [-0.25, -0.2) is 4.98 Å². The highest BCUT2D eigenvalue weighted by atomic mass is 16.5. The van der Waals surface area contributed by atoms with E-state index in [1.807, 2.05) is 34.6 Å². The van der Waals surface area contributed by atoms with Crippen molar-refractivity contribution in [1.29, 1.82) is 0 Å². The minimum absolute atomic E-state index is 0.0350. The number of benzene rings is 4. The number of ether oxygens (including phenoxy) is 1. The molecule has 0 radical (unpaired) electrons. The molecular weight excluding hydrogens is 546 g/mol. The summed E-state index contributed by atoms with van der Waals surface area (Å²) < 4.78 is 11.8. The van der Waals surface area contributed by atoms with Gasteiger partial charge < -0.3 is 30.0 Å². The van der Waals surface area contributed by atoms with Crippen LogP contribution in [0.4, 0.5) is 11.4 Å². The van der Waals surface area contributed by atoms with E-state index >= 15 is 0 Å². The molecule has 4 N–H and O–H groups in total. The zero-order valence-electron chi connectivity index (χ0n) is 24.6. The predicted octanol–water partition coefficient (Wildman–Crippen LogP) is 8.00. The lowest BCUT2D eigenvalue weighted by Crippen LogP contribution is -2.26. The Morgan fingerprint density at radius 1 is 0.814 bits per heavy atom. The van der Waals surface area contributed by atoms with Crippen molar-refractivity contribution in [3.05, 3.63) is 90.0 Å². The predicted molar refractivity (Wildman–Crippen MR) is 166 cm³/mol. The molecule has 0 aliphatic heterocycles. The van der Waals surface area contributed by atoms with Crippen LogP contribution in [0, 0.1) is 5.92 Å². The van der Waals surface area contributed by atoms with E-state index in [0.717, 1.165) is 0 Å². The van der Waals surface area contributed by atoms with E-state index in [4.69, 9.17) is 9.15 Å². The summed E-state index contributed by atoms with van der Waals surface area (Å²) in [5, 5.41) is 26.5. The molecule has 0 unspecified atom stereocenters. The SMILES string of the molecule is CC(C)C(=O)c1ccc2oc(-c3ccc(C(=O)Nc4cc(Oc5ccc(O)c(NC(C)(C)C)c5)ccc4O)cc3)nc2c1. The number of fused-ring (bicyclic) bond motifs is 1. The molecule has 1 heterocycles. The van der Waals surface area contributed by atoms with Crippen molar-refractivity contribution in [2.75, 3.05) is 10.6 Å². The smallest absolute Gasteiger partial charge is 0.255 e. The van der Waals surface area contributed by atoms with Crippen molar-refractivity contribution in [2.45, 2.75) is 40.2 Å². The van der Waals surface area contributed by atoms with Crippen molar-refractivity contribution in [3.63, 3.8) is 0 Å². The number of phenols is 2. The van der Waals surface area contributed by atoms with E-state index in [0.29, 0.717) is 50.9 Å². The molecule has 0 spiro atoms. The van der Waals surface area contributed by atoms with Gasteiger partial charge in [0.25, 0.3) is 5.91 Å². The number of phenolic OH excluding ortho intramolecular Hbond substituents is 2. The van der Waals surface area contributed by atoms with E-state index < -0.39 is 5.91 Å². The molecule has 9 nitrogen and oxygen atoms in total. The number of hydrogen-bond donors (Lipinski definition) is 4. The monoisotopic (exact) mass is 579 g/mol. The van der Waals surface area contributed by atoms with E-state index in [9.17, 15) is 19.8 Å². The van der Waals surface area contributed by atoms with Gasteiger partial charge in [-0.2, -0.15) is 0 Å². The molecule has 0 aliphatic carbocycles. The molecule has 1 amide bonds. The normalized spacial score (nSPS) is 11.5. The number of aromatic hydroxyl groups is 2. The van der Waals surface area contributed by atoms with Crippen LogP contribution in [-0.2, 0) is 0 Å². The number of anilines is 2. The molecule has 5 rings (SSSR count). The average Bonchev–Trinajstić information content (AvgIpc) is 3.39. The number of ketones is 1. The summed E-state index contributed by atoms with van der Waals surface area (Å²) in [6, 6.07) is 21.2. The first-order valence-corrected chi connectivity index (χ1v) is 13.8. The third kappa shape index (κ3) is 6.78. The first kappa shape index (κ1) is 29.2. The summed E-state index contributed by atoms with van der Waals surface area (Å²) in [6.45, 7) is 9.63. The number of aromatic nitrogens is 1.